The molecule has 0 amide bonds. The van der Waals surface area contributed by atoms with Gasteiger partial charge in [0.15, 0.2) is 0 Å². The maximum Gasteiger partial charge on any atom is 0.309 e. The summed E-state index contributed by atoms with van der Waals surface area (Å²) in [6.45, 7) is 6.96. The Morgan fingerprint density at radius 3 is 2.52 bits per heavy atom. The summed E-state index contributed by atoms with van der Waals surface area (Å²) < 4.78 is 0. The smallest absolute Gasteiger partial charge is 0.309 e. The van der Waals surface area contributed by atoms with Crippen molar-refractivity contribution in [2.24, 2.45) is 39.9 Å². The molecule has 0 saturated heterocycles. The van der Waals surface area contributed by atoms with E-state index in [2.05, 4.69) is 20.8 Å². The zero-order valence-electron chi connectivity index (χ0n) is 13.8. The van der Waals surface area contributed by atoms with Crippen LogP contribution < -0.4 is 0 Å². The van der Waals surface area contributed by atoms with E-state index in [0.717, 1.165) is 30.6 Å². The first-order chi connectivity index (χ1) is 9.82. The van der Waals surface area contributed by atoms with Crippen molar-refractivity contribution in [2.75, 3.05) is 0 Å². The molecule has 4 aliphatic rings. The molecule has 4 fully saturated rings. The number of rotatable bonds is 1. The van der Waals surface area contributed by atoms with Crippen molar-refractivity contribution >= 4 is 5.97 Å². The van der Waals surface area contributed by atoms with Crippen LogP contribution in [0.1, 0.15) is 72.1 Å². The Morgan fingerprint density at radius 1 is 1.05 bits per heavy atom. The van der Waals surface area contributed by atoms with Crippen LogP contribution in [-0.2, 0) is 4.79 Å². The molecular formula is C19H30O2. The second-order valence-corrected chi connectivity index (χ2v) is 9.48. The monoisotopic (exact) mass is 290 g/mol. The van der Waals surface area contributed by atoms with E-state index >= 15 is 0 Å². The second-order valence-electron chi connectivity index (χ2n) is 9.48. The molecule has 0 aromatic heterocycles. The summed E-state index contributed by atoms with van der Waals surface area (Å²) in [5.74, 6) is 2.48. The van der Waals surface area contributed by atoms with E-state index < -0.39 is 11.4 Å². The van der Waals surface area contributed by atoms with Crippen LogP contribution in [0.2, 0.25) is 0 Å². The van der Waals surface area contributed by atoms with Crippen LogP contribution >= 0.6 is 0 Å². The Bertz CT molecular complexity index is 482. The van der Waals surface area contributed by atoms with Gasteiger partial charge in [0.2, 0.25) is 0 Å². The van der Waals surface area contributed by atoms with E-state index in [0.29, 0.717) is 16.7 Å². The molecule has 0 aromatic rings. The van der Waals surface area contributed by atoms with Crippen LogP contribution in [0.5, 0.6) is 0 Å². The number of fused-ring (bicyclic) bond motifs is 3. The van der Waals surface area contributed by atoms with Crippen LogP contribution in [0.25, 0.3) is 0 Å². The summed E-state index contributed by atoms with van der Waals surface area (Å²) in [7, 11) is 0. The normalized spacial score (nSPS) is 58.6. The third-order valence-electron chi connectivity index (χ3n) is 8.64. The average molecular weight is 290 g/mol. The van der Waals surface area contributed by atoms with E-state index in [1.807, 2.05) is 0 Å². The van der Waals surface area contributed by atoms with Gasteiger partial charge in [0, 0.05) is 0 Å². The van der Waals surface area contributed by atoms with Crippen LogP contribution in [-0.4, -0.2) is 11.1 Å². The van der Waals surface area contributed by atoms with E-state index in [1.54, 1.807) is 0 Å². The summed E-state index contributed by atoms with van der Waals surface area (Å²) in [6, 6.07) is 0. The molecule has 118 valence electrons. The Labute approximate surface area is 128 Å². The van der Waals surface area contributed by atoms with Crippen molar-refractivity contribution in [2.45, 2.75) is 72.1 Å². The van der Waals surface area contributed by atoms with Crippen LogP contribution in [0.4, 0.5) is 0 Å². The zero-order valence-corrected chi connectivity index (χ0v) is 13.8. The second kappa shape index (κ2) is 4.06. The van der Waals surface area contributed by atoms with E-state index in [9.17, 15) is 9.90 Å². The Kier molecular flexibility index (Phi) is 2.72. The SMILES string of the molecule is C[C@@H]1C[C@@]23C[C@H]1CC[C@@H]2[C@@]1(C)CCCC(C)(C(=O)O)[C@@H]1C3. The maximum atomic E-state index is 12.0. The molecule has 2 heteroatoms. The highest BCUT2D eigenvalue weighted by molar-refractivity contribution is 5.75. The highest BCUT2D eigenvalue weighted by Gasteiger charge is 2.69. The number of aliphatic carboxylic acids is 1. The molecule has 7 atom stereocenters. The summed E-state index contributed by atoms with van der Waals surface area (Å²) in [4.78, 5) is 12.0. The van der Waals surface area contributed by atoms with Gasteiger partial charge < -0.3 is 5.11 Å². The first-order valence-electron chi connectivity index (χ1n) is 9.05. The van der Waals surface area contributed by atoms with E-state index in [4.69, 9.17) is 0 Å². The van der Waals surface area contributed by atoms with Crippen molar-refractivity contribution in [1.82, 2.24) is 0 Å². The molecule has 4 aliphatic carbocycles. The van der Waals surface area contributed by atoms with Gasteiger partial charge >= 0.3 is 5.97 Å². The predicted molar refractivity (Wildman–Crippen MR) is 82.9 cm³/mol. The molecule has 1 unspecified atom stereocenters. The number of carboxylic acid groups (broad SMARTS) is 1. The molecule has 0 heterocycles. The van der Waals surface area contributed by atoms with Crippen molar-refractivity contribution in [3.05, 3.63) is 0 Å². The van der Waals surface area contributed by atoms with Crippen LogP contribution in [0.15, 0.2) is 0 Å². The van der Waals surface area contributed by atoms with Gasteiger partial charge in [0.05, 0.1) is 5.41 Å². The molecule has 0 radical (unpaired) electrons. The third kappa shape index (κ3) is 1.57. The molecule has 1 spiro atoms. The number of hydrogen-bond acceptors (Lipinski definition) is 1. The lowest BCUT2D eigenvalue weighted by Gasteiger charge is -2.50. The lowest BCUT2D eigenvalue weighted by atomic mass is 9.54. The Hall–Kier alpha value is -0.530. The van der Waals surface area contributed by atoms with Crippen molar-refractivity contribution in [3.8, 4) is 0 Å². The lowest BCUT2D eigenvalue weighted by Crippen LogP contribution is -2.47. The molecule has 1 N–H and O–H groups in total. The zero-order chi connectivity index (χ0) is 15.0. The fourth-order valence-corrected chi connectivity index (χ4v) is 7.76. The fraction of sp³-hybridized carbons (Fsp3) is 0.947. The minimum Gasteiger partial charge on any atom is -0.481 e. The maximum absolute atomic E-state index is 12.0. The van der Waals surface area contributed by atoms with Gasteiger partial charge in [-0.05, 0) is 86.4 Å². The average Bonchev–Trinajstić information content (AvgIpc) is 2.81. The van der Waals surface area contributed by atoms with Crippen molar-refractivity contribution in [3.63, 3.8) is 0 Å². The van der Waals surface area contributed by atoms with Gasteiger partial charge in [-0.1, -0.05) is 20.3 Å². The number of carbonyl (C=O) groups is 1. The molecule has 2 nitrogen and oxygen atoms in total. The minimum absolute atomic E-state index is 0.292. The fourth-order valence-electron chi connectivity index (χ4n) is 7.76. The van der Waals surface area contributed by atoms with E-state index in [-0.39, 0.29) is 0 Å². The molecule has 4 rings (SSSR count). The largest absolute Gasteiger partial charge is 0.481 e. The minimum atomic E-state index is -0.531. The Balaban J connectivity index is 1.78. The quantitative estimate of drug-likeness (QED) is 0.758. The summed E-state index contributed by atoms with van der Waals surface area (Å²) in [6.07, 6.45) is 10.0. The van der Waals surface area contributed by atoms with Gasteiger partial charge in [-0.3, -0.25) is 4.79 Å². The first kappa shape index (κ1) is 14.1. The van der Waals surface area contributed by atoms with Gasteiger partial charge in [0.1, 0.15) is 0 Å². The number of carboxylic acids is 1. The predicted octanol–water partition coefficient (Wildman–Crippen LogP) is 4.73. The van der Waals surface area contributed by atoms with Gasteiger partial charge in [-0.25, -0.2) is 0 Å². The Morgan fingerprint density at radius 2 is 1.81 bits per heavy atom. The third-order valence-corrected chi connectivity index (χ3v) is 8.64. The number of hydrogen-bond donors (Lipinski definition) is 1. The summed E-state index contributed by atoms with van der Waals surface area (Å²) in [5, 5.41) is 9.91. The summed E-state index contributed by atoms with van der Waals surface area (Å²) >= 11 is 0. The molecule has 2 bridgehead atoms. The van der Waals surface area contributed by atoms with Gasteiger partial charge in [-0.15, -0.1) is 0 Å². The van der Waals surface area contributed by atoms with Gasteiger partial charge in [-0.2, -0.15) is 0 Å². The molecular weight excluding hydrogens is 260 g/mol. The van der Waals surface area contributed by atoms with Crippen molar-refractivity contribution in [1.29, 1.82) is 0 Å². The molecule has 0 aromatic carbocycles. The molecule has 21 heavy (non-hydrogen) atoms. The van der Waals surface area contributed by atoms with Crippen LogP contribution in [0, 0.1) is 39.9 Å². The van der Waals surface area contributed by atoms with Crippen LogP contribution in [0.3, 0.4) is 0 Å². The topological polar surface area (TPSA) is 37.3 Å². The molecule has 4 saturated carbocycles. The highest BCUT2D eigenvalue weighted by Crippen LogP contribution is 2.75. The van der Waals surface area contributed by atoms with Crippen molar-refractivity contribution < 1.29 is 9.90 Å². The lowest BCUT2D eigenvalue weighted by molar-refractivity contribution is -0.159. The highest BCUT2D eigenvalue weighted by atomic mass is 16.4. The van der Waals surface area contributed by atoms with Gasteiger partial charge in [0.25, 0.3) is 0 Å². The first-order valence-corrected chi connectivity index (χ1v) is 9.05. The molecule has 0 aliphatic heterocycles. The summed E-state index contributed by atoms with van der Waals surface area (Å²) in [5.41, 5.74) is 0.323. The van der Waals surface area contributed by atoms with E-state index in [1.165, 1.54) is 38.5 Å². The standard InChI is InChI=1S/C19H30O2/c1-12-9-19-10-13(12)5-6-14(19)17(2)7-4-8-18(3,16(20)21)15(17)11-19/h12-15H,4-11H2,1-3H3,(H,20,21)/t12-,13-,14-,15-,17-,18?,19+/m1/s1.